The van der Waals surface area contributed by atoms with E-state index in [2.05, 4.69) is 10.1 Å². The molecule has 9 heteroatoms. The summed E-state index contributed by atoms with van der Waals surface area (Å²) in [4.78, 5) is 29.3. The van der Waals surface area contributed by atoms with Crippen LogP contribution in [0.5, 0.6) is 0 Å². The van der Waals surface area contributed by atoms with Gasteiger partial charge < -0.3 is 9.42 Å². The third kappa shape index (κ3) is 3.98. The highest BCUT2D eigenvalue weighted by Gasteiger charge is 2.29. The Kier molecular flexibility index (Phi) is 5.03. The van der Waals surface area contributed by atoms with E-state index in [0.29, 0.717) is 30.4 Å². The van der Waals surface area contributed by atoms with E-state index in [1.54, 1.807) is 23.1 Å². The van der Waals surface area contributed by atoms with E-state index in [4.69, 9.17) is 4.52 Å². The molecule has 1 fully saturated rings. The van der Waals surface area contributed by atoms with Crippen molar-refractivity contribution in [2.75, 3.05) is 13.1 Å². The third-order valence-electron chi connectivity index (χ3n) is 4.91. The maximum Gasteiger partial charge on any atom is 0.270 e. The molecule has 1 atom stereocenters. The summed E-state index contributed by atoms with van der Waals surface area (Å²) in [6.45, 7) is 0.934. The minimum absolute atomic E-state index is 0.120. The topological polar surface area (TPSA) is 102 Å². The van der Waals surface area contributed by atoms with Crippen molar-refractivity contribution in [1.29, 1.82) is 0 Å². The SMILES string of the molecule is O=C(c1cccc([N+](=O)[O-])c1)N1CCC[C@@H](c2nc(-c3ccc(F)cc3)no2)C1. The number of hydrogen-bond donors (Lipinski definition) is 0. The standard InChI is InChI=1S/C20H17FN4O4/c21-16-8-6-13(7-9-16)18-22-19(29-23-18)15-4-2-10-24(12-15)20(26)14-3-1-5-17(11-14)25(27)28/h1,3,5-9,11,15H,2,4,10,12H2/t15-/m1/s1. The zero-order valence-electron chi connectivity index (χ0n) is 15.3. The highest BCUT2D eigenvalue weighted by molar-refractivity contribution is 5.95. The van der Waals surface area contributed by atoms with E-state index in [0.717, 1.165) is 12.8 Å². The molecule has 148 valence electrons. The average Bonchev–Trinajstić information content (AvgIpc) is 3.24. The summed E-state index contributed by atoms with van der Waals surface area (Å²) in [5.41, 5.74) is 0.796. The molecule has 0 aliphatic carbocycles. The smallest absolute Gasteiger partial charge is 0.270 e. The van der Waals surface area contributed by atoms with Crippen LogP contribution in [0.15, 0.2) is 53.1 Å². The van der Waals surface area contributed by atoms with Crippen LogP contribution >= 0.6 is 0 Å². The molecular formula is C20H17FN4O4. The molecule has 3 aromatic rings. The van der Waals surface area contributed by atoms with E-state index in [1.165, 1.54) is 30.3 Å². The second-order valence-electron chi connectivity index (χ2n) is 6.86. The summed E-state index contributed by atoms with van der Waals surface area (Å²) in [7, 11) is 0. The van der Waals surface area contributed by atoms with E-state index >= 15 is 0 Å². The average molecular weight is 396 g/mol. The van der Waals surface area contributed by atoms with Crippen LogP contribution in [0.1, 0.15) is 35.0 Å². The van der Waals surface area contributed by atoms with Gasteiger partial charge in [0.25, 0.3) is 11.6 Å². The van der Waals surface area contributed by atoms with Gasteiger partial charge >= 0.3 is 0 Å². The lowest BCUT2D eigenvalue weighted by atomic mass is 9.97. The van der Waals surface area contributed by atoms with Crippen molar-refractivity contribution in [3.05, 3.63) is 75.9 Å². The van der Waals surface area contributed by atoms with Crippen LogP contribution in [0.25, 0.3) is 11.4 Å². The zero-order chi connectivity index (χ0) is 20.4. The molecule has 2 heterocycles. The molecule has 29 heavy (non-hydrogen) atoms. The number of halogens is 1. The second kappa shape index (κ2) is 7.78. The predicted molar refractivity (Wildman–Crippen MR) is 101 cm³/mol. The highest BCUT2D eigenvalue weighted by Crippen LogP contribution is 2.29. The van der Waals surface area contributed by atoms with Gasteiger partial charge in [0.05, 0.1) is 10.8 Å². The van der Waals surface area contributed by atoms with Gasteiger partial charge in [0, 0.05) is 36.3 Å². The molecule has 0 bridgehead atoms. The Bertz CT molecular complexity index is 1050. The van der Waals surface area contributed by atoms with Gasteiger partial charge in [-0.2, -0.15) is 4.98 Å². The van der Waals surface area contributed by atoms with Gasteiger partial charge in [-0.25, -0.2) is 4.39 Å². The number of carbonyl (C=O) groups is 1. The Hall–Kier alpha value is -3.62. The second-order valence-corrected chi connectivity index (χ2v) is 6.86. The monoisotopic (exact) mass is 396 g/mol. The highest BCUT2D eigenvalue weighted by atomic mass is 19.1. The van der Waals surface area contributed by atoms with Crippen LogP contribution < -0.4 is 0 Å². The molecular weight excluding hydrogens is 379 g/mol. The van der Waals surface area contributed by atoms with Gasteiger partial charge in [0.15, 0.2) is 0 Å². The lowest BCUT2D eigenvalue weighted by Crippen LogP contribution is -2.39. The number of non-ortho nitro benzene ring substituents is 1. The van der Waals surface area contributed by atoms with Gasteiger partial charge in [0.2, 0.25) is 11.7 Å². The summed E-state index contributed by atoms with van der Waals surface area (Å²) in [5, 5.41) is 14.9. The van der Waals surface area contributed by atoms with Gasteiger partial charge in [-0.15, -0.1) is 0 Å². The Labute approximate surface area is 165 Å². The van der Waals surface area contributed by atoms with Gasteiger partial charge in [-0.1, -0.05) is 11.2 Å². The van der Waals surface area contributed by atoms with Crippen molar-refractivity contribution in [1.82, 2.24) is 15.0 Å². The van der Waals surface area contributed by atoms with E-state index < -0.39 is 4.92 Å². The molecule has 1 amide bonds. The van der Waals surface area contributed by atoms with Crippen molar-refractivity contribution >= 4 is 11.6 Å². The summed E-state index contributed by atoms with van der Waals surface area (Å²) in [6, 6.07) is 11.5. The normalized spacial score (nSPS) is 16.6. The minimum atomic E-state index is -0.523. The fourth-order valence-electron chi connectivity index (χ4n) is 3.42. The molecule has 2 aromatic carbocycles. The molecule has 1 saturated heterocycles. The van der Waals surface area contributed by atoms with Crippen molar-refractivity contribution in [2.45, 2.75) is 18.8 Å². The zero-order valence-corrected chi connectivity index (χ0v) is 15.3. The van der Waals surface area contributed by atoms with E-state index in [-0.39, 0.29) is 28.9 Å². The number of amides is 1. The fourth-order valence-corrected chi connectivity index (χ4v) is 3.42. The minimum Gasteiger partial charge on any atom is -0.339 e. The number of nitro groups is 1. The van der Waals surface area contributed by atoms with Crippen LogP contribution in [0.2, 0.25) is 0 Å². The van der Waals surface area contributed by atoms with Crippen molar-refractivity contribution < 1.29 is 18.6 Å². The number of benzene rings is 2. The number of rotatable bonds is 4. The number of nitrogens with zero attached hydrogens (tertiary/aromatic N) is 4. The molecule has 1 aromatic heterocycles. The molecule has 0 unspecified atom stereocenters. The molecule has 0 spiro atoms. The van der Waals surface area contributed by atoms with Crippen LogP contribution in [0, 0.1) is 15.9 Å². The lowest BCUT2D eigenvalue weighted by Gasteiger charge is -2.31. The molecule has 0 radical (unpaired) electrons. The molecule has 1 aliphatic rings. The molecule has 1 aliphatic heterocycles. The third-order valence-corrected chi connectivity index (χ3v) is 4.91. The van der Waals surface area contributed by atoms with Crippen LogP contribution in [-0.4, -0.2) is 39.0 Å². The van der Waals surface area contributed by atoms with Crippen molar-refractivity contribution in [3.63, 3.8) is 0 Å². The van der Waals surface area contributed by atoms with Crippen LogP contribution in [-0.2, 0) is 0 Å². The number of hydrogen-bond acceptors (Lipinski definition) is 6. The quantitative estimate of drug-likeness (QED) is 0.491. The molecule has 8 nitrogen and oxygen atoms in total. The number of piperidine rings is 1. The van der Waals surface area contributed by atoms with Gasteiger partial charge in [-0.3, -0.25) is 14.9 Å². The van der Waals surface area contributed by atoms with Crippen LogP contribution in [0.3, 0.4) is 0 Å². The number of nitro benzene ring substituents is 1. The van der Waals surface area contributed by atoms with Gasteiger partial charge in [-0.05, 0) is 43.2 Å². The predicted octanol–water partition coefficient (Wildman–Crippen LogP) is 3.80. The molecule has 0 N–H and O–H groups in total. The maximum absolute atomic E-state index is 13.1. The first kappa shape index (κ1) is 18.7. The summed E-state index contributed by atoms with van der Waals surface area (Å²) >= 11 is 0. The summed E-state index contributed by atoms with van der Waals surface area (Å²) in [5.74, 6) is 0.0350. The van der Waals surface area contributed by atoms with E-state index in [1.807, 2.05) is 0 Å². The Morgan fingerprint density at radius 2 is 2.03 bits per heavy atom. The first-order chi connectivity index (χ1) is 14.0. The Balaban J connectivity index is 1.50. The van der Waals surface area contributed by atoms with Crippen LogP contribution in [0.4, 0.5) is 10.1 Å². The number of likely N-dealkylation sites (tertiary alicyclic amines) is 1. The maximum atomic E-state index is 13.1. The lowest BCUT2D eigenvalue weighted by molar-refractivity contribution is -0.384. The van der Waals surface area contributed by atoms with Crippen molar-refractivity contribution in [3.8, 4) is 11.4 Å². The molecule has 0 saturated carbocycles. The largest absolute Gasteiger partial charge is 0.339 e. The first-order valence-electron chi connectivity index (χ1n) is 9.14. The van der Waals surface area contributed by atoms with E-state index in [9.17, 15) is 19.3 Å². The Morgan fingerprint density at radius 3 is 2.79 bits per heavy atom. The summed E-state index contributed by atoms with van der Waals surface area (Å²) in [6.07, 6.45) is 1.53. The van der Waals surface area contributed by atoms with Crippen molar-refractivity contribution in [2.24, 2.45) is 0 Å². The summed E-state index contributed by atoms with van der Waals surface area (Å²) < 4.78 is 18.5. The fraction of sp³-hybridized carbons (Fsp3) is 0.250. The Morgan fingerprint density at radius 1 is 1.24 bits per heavy atom. The number of carbonyl (C=O) groups excluding carboxylic acids is 1. The number of aromatic nitrogens is 2. The molecule has 4 rings (SSSR count). The first-order valence-corrected chi connectivity index (χ1v) is 9.14. The van der Waals surface area contributed by atoms with Gasteiger partial charge in [0.1, 0.15) is 5.82 Å².